The van der Waals surface area contributed by atoms with Crippen LogP contribution in [0.1, 0.15) is 17.4 Å². The van der Waals surface area contributed by atoms with Crippen molar-refractivity contribution in [2.24, 2.45) is 0 Å². The number of nitro groups is 1. The number of aromatic nitrogens is 1. The topological polar surface area (TPSA) is 92.4 Å². The molecule has 1 aliphatic heterocycles. The van der Waals surface area contributed by atoms with Gasteiger partial charge in [0.2, 0.25) is 0 Å². The molecule has 1 saturated heterocycles. The van der Waals surface area contributed by atoms with Crippen LogP contribution in [0, 0.1) is 10.1 Å². The molecule has 0 saturated carbocycles. The summed E-state index contributed by atoms with van der Waals surface area (Å²) in [6, 6.07) is 1.32. The van der Waals surface area contributed by atoms with Crippen LogP contribution in [0.15, 0.2) is 12.3 Å². The zero-order chi connectivity index (χ0) is 15.2. The number of hydrogen-bond donors (Lipinski definition) is 2. The van der Waals surface area contributed by atoms with E-state index in [1.807, 2.05) is 6.92 Å². The summed E-state index contributed by atoms with van der Waals surface area (Å²) in [4.78, 5) is 24.7. The predicted octanol–water partition coefficient (Wildman–Crippen LogP) is 0.0512. The van der Waals surface area contributed by atoms with Crippen LogP contribution in [-0.4, -0.2) is 59.6 Å². The van der Waals surface area contributed by atoms with Crippen molar-refractivity contribution in [1.29, 1.82) is 0 Å². The monoisotopic (exact) mass is 295 g/mol. The Morgan fingerprint density at radius 2 is 2.19 bits per heavy atom. The fourth-order valence-electron chi connectivity index (χ4n) is 2.40. The van der Waals surface area contributed by atoms with Gasteiger partial charge in [-0.1, -0.05) is 0 Å². The zero-order valence-corrected chi connectivity index (χ0v) is 12.2. The minimum atomic E-state index is -0.482. The maximum Gasteiger partial charge on any atom is 0.287 e. The molecule has 0 aliphatic carbocycles. The van der Waals surface area contributed by atoms with Crippen molar-refractivity contribution in [3.05, 3.63) is 28.1 Å². The molecule has 1 aromatic rings. The smallest absolute Gasteiger partial charge is 0.287 e. The van der Waals surface area contributed by atoms with Crippen LogP contribution in [-0.2, 0) is 6.54 Å². The lowest BCUT2D eigenvalue weighted by Gasteiger charge is -2.27. The largest absolute Gasteiger partial charge is 0.349 e. The normalized spacial score (nSPS) is 15.9. The average Bonchev–Trinajstić information content (AvgIpc) is 2.93. The molecule has 1 fully saturated rings. The summed E-state index contributed by atoms with van der Waals surface area (Å²) >= 11 is 0. The van der Waals surface area contributed by atoms with Crippen LogP contribution >= 0.6 is 0 Å². The molecule has 1 aromatic heterocycles. The van der Waals surface area contributed by atoms with Gasteiger partial charge in [-0.15, -0.1) is 0 Å². The van der Waals surface area contributed by atoms with E-state index < -0.39 is 4.92 Å². The maximum atomic E-state index is 12.1. The number of amides is 1. The summed E-state index contributed by atoms with van der Waals surface area (Å²) in [7, 11) is 0. The van der Waals surface area contributed by atoms with E-state index in [0.29, 0.717) is 18.8 Å². The van der Waals surface area contributed by atoms with Gasteiger partial charge in [-0.2, -0.15) is 0 Å². The maximum absolute atomic E-state index is 12.1. The Morgan fingerprint density at radius 1 is 1.48 bits per heavy atom. The van der Waals surface area contributed by atoms with Gasteiger partial charge in [-0.25, -0.2) is 0 Å². The van der Waals surface area contributed by atoms with Crippen molar-refractivity contribution >= 4 is 11.6 Å². The summed E-state index contributed by atoms with van der Waals surface area (Å²) in [5.41, 5.74) is 0.286. The first kappa shape index (κ1) is 15.5. The first-order valence-corrected chi connectivity index (χ1v) is 7.17. The lowest BCUT2D eigenvalue weighted by molar-refractivity contribution is -0.384. The van der Waals surface area contributed by atoms with Crippen LogP contribution in [0.4, 0.5) is 5.69 Å². The number of carbonyl (C=O) groups is 1. The Morgan fingerprint density at radius 3 is 2.81 bits per heavy atom. The highest BCUT2D eigenvalue weighted by molar-refractivity contribution is 5.93. The molecule has 8 nitrogen and oxygen atoms in total. The van der Waals surface area contributed by atoms with Crippen molar-refractivity contribution < 1.29 is 9.72 Å². The van der Waals surface area contributed by atoms with Crippen molar-refractivity contribution in [3.63, 3.8) is 0 Å². The molecule has 2 heterocycles. The van der Waals surface area contributed by atoms with E-state index in [9.17, 15) is 14.9 Å². The Kier molecular flexibility index (Phi) is 5.29. The van der Waals surface area contributed by atoms with Gasteiger partial charge in [0, 0.05) is 51.9 Å². The molecule has 0 radical (unpaired) electrons. The summed E-state index contributed by atoms with van der Waals surface area (Å²) in [6.07, 6.45) is 1.39. The molecular weight excluding hydrogens is 274 g/mol. The lowest BCUT2D eigenvalue weighted by atomic mass is 10.3. The van der Waals surface area contributed by atoms with Gasteiger partial charge in [-0.3, -0.25) is 19.8 Å². The highest BCUT2D eigenvalue weighted by atomic mass is 16.6. The number of carbonyl (C=O) groups excluding carboxylic acids is 1. The summed E-state index contributed by atoms with van der Waals surface area (Å²) in [5, 5.41) is 16.9. The van der Waals surface area contributed by atoms with E-state index in [2.05, 4.69) is 15.5 Å². The van der Waals surface area contributed by atoms with Crippen molar-refractivity contribution in [3.8, 4) is 0 Å². The number of rotatable bonds is 6. The van der Waals surface area contributed by atoms with Gasteiger partial charge >= 0.3 is 0 Å². The van der Waals surface area contributed by atoms with Crippen LogP contribution in [0.2, 0.25) is 0 Å². The Balaban J connectivity index is 1.88. The predicted molar refractivity (Wildman–Crippen MR) is 78.4 cm³/mol. The van der Waals surface area contributed by atoms with Gasteiger partial charge in [0.15, 0.2) is 0 Å². The van der Waals surface area contributed by atoms with Crippen molar-refractivity contribution in [2.45, 2.75) is 13.5 Å². The second-order valence-electron chi connectivity index (χ2n) is 4.97. The molecule has 0 atom stereocenters. The zero-order valence-electron chi connectivity index (χ0n) is 12.2. The second kappa shape index (κ2) is 7.19. The first-order chi connectivity index (χ1) is 10.1. The van der Waals surface area contributed by atoms with Crippen molar-refractivity contribution in [2.75, 3.05) is 39.3 Å². The van der Waals surface area contributed by atoms with Gasteiger partial charge in [0.05, 0.1) is 11.1 Å². The van der Waals surface area contributed by atoms with E-state index in [-0.39, 0.29) is 11.6 Å². The van der Waals surface area contributed by atoms with E-state index in [1.54, 1.807) is 4.57 Å². The summed E-state index contributed by atoms with van der Waals surface area (Å²) in [6.45, 7) is 7.61. The van der Waals surface area contributed by atoms with Gasteiger partial charge in [0.1, 0.15) is 5.69 Å². The first-order valence-electron chi connectivity index (χ1n) is 7.17. The van der Waals surface area contributed by atoms with E-state index >= 15 is 0 Å². The van der Waals surface area contributed by atoms with Gasteiger partial charge in [-0.05, 0) is 6.92 Å². The van der Waals surface area contributed by atoms with E-state index in [0.717, 1.165) is 32.7 Å². The number of piperazine rings is 1. The third kappa shape index (κ3) is 4.02. The molecule has 0 bridgehead atoms. The van der Waals surface area contributed by atoms with Gasteiger partial charge in [0.25, 0.3) is 11.6 Å². The SMILES string of the molecule is CCn1cc([N+](=O)[O-])cc1C(=O)NCCN1CCNCC1. The fourth-order valence-corrected chi connectivity index (χ4v) is 2.40. The average molecular weight is 295 g/mol. The van der Waals surface area contributed by atoms with Crippen LogP contribution < -0.4 is 10.6 Å². The number of hydrogen-bond acceptors (Lipinski definition) is 5. The number of aryl methyl sites for hydroxylation is 1. The molecule has 2 rings (SSSR count). The molecule has 0 unspecified atom stereocenters. The van der Waals surface area contributed by atoms with Crippen LogP contribution in [0.3, 0.4) is 0 Å². The molecule has 0 aromatic carbocycles. The molecule has 116 valence electrons. The second-order valence-corrected chi connectivity index (χ2v) is 4.97. The Bertz CT molecular complexity index is 508. The number of nitrogens with one attached hydrogen (secondary N) is 2. The minimum absolute atomic E-state index is 0.0518. The molecule has 2 N–H and O–H groups in total. The quantitative estimate of drug-likeness (QED) is 0.571. The highest BCUT2D eigenvalue weighted by Gasteiger charge is 2.18. The molecule has 1 aliphatic rings. The Hall–Kier alpha value is -1.93. The fraction of sp³-hybridized carbons (Fsp3) is 0.615. The molecule has 21 heavy (non-hydrogen) atoms. The van der Waals surface area contributed by atoms with E-state index in [1.165, 1.54) is 12.3 Å². The standard InChI is InChI=1S/C13H21N5O3/c1-2-17-10-11(18(20)21)9-12(17)13(19)15-5-8-16-6-3-14-4-7-16/h9-10,14H,2-8H2,1H3,(H,15,19). The summed E-state index contributed by atoms with van der Waals surface area (Å²) < 4.78 is 1.60. The van der Waals surface area contributed by atoms with Crippen LogP contribution in [0.25, 0.3) is 0 Å². The molecular formula is C13H21N5O3. The number of nitrogens with zero attached hydrogens (tertiary/aromatic N) is 3. The third-order valence-electron chi connectivity index (χ3n) is 3.59. The molecule has 1 amide bonds. The summed E-state index contributed by atoms with van der Waals surface area (Å²) in [5.74, 6) is -0.264. The van der Waals surface area contributed by atoms with Crippen LogP contribution in [0.5, 0.6) is 0 Å². The Labute approximate surface area is 123 Å². The third-order valence-corrected chi connectivity index (χ3v) is 3.59. The van der Waals surface area contributed by atoms with Crippen molar-refractivity contribution in [1.82, 2.24) is 20.1 Å². The molecule has 8 heteroatoms. The van der Waals surface area contributed by atoms with Gasteiger partial charge < -0.3 is 15.2 Å². The van der Waals surface area contributed by atoms with E-state index in [4.69, 9.17) is 0 Å². The highest BCUT2D eigenvalue weighted by Crippen LogP contribution is 2.16. The lowest BCUT2D eigenvalue weighted by Crippen LogP contribution is -2.46. The minimum Gasteiger partial charge on any atom is -0.349 e. The molecule has 0 spiro atoms.